The Bertz CT molecular complexity index is 655. The highest BCUT2D eigenvalue weighted by atomic mass is 16.5. The molecule has 1 N–H and O–H groups in total. The number of likely N-dealkylation sites (tertiary alicyclic amines) is 1. The Morgan fingerprint density at radius 3 is 2.57 bits per heavy atom. The summed E-state index contributed by atoms with van der Waals surface area (Å²) in [6, 6.07) is 8.24. The van der Waals surface area contributed by atoms with Gasteiger partial charge in [0.1, 0.15) is 5.75 Å². The maximum absolute atomic E-state index is 11.9. The fourth-order valence-corrected chi connectivity index (χ4v) is 3.62. The van der Waals surface area contributed by atoms with Crippen molar-refractivity contribution in [3.8, 4) is 5.75 Å². The van der Waals surface area contributed by atoms with Gasteiger partial charge in [-0.2, -0.15) is 0 Å². The number of likely N-dealkylation sites (N-methyl/N-ethyl adjacent to an activating group) is 1. The van der Waals surface area contributed by atoms with Gasteiger partial charge < -0.3 is 24.6 Å². The van der Waals surface area contributed by atoms with Crippen LogP contribution in [0.2, 0.25) is 0 Å². The number of piperidine rings is 1. The molecule has 1 atom stereocenters. The van der Waals surface area contributed by atoms with Crippen LogP contribution in [0.4, 0.5) is 0 Å². The third-order valence-corrected chi connectivity index (χ3v) is 5.20. The summed E-state index contributed by atoms with van der Waals surface area (Å²) in [4.78, 5) is 20.8. The molecule has 1 aromatic carbocycles. The number of aliphatic imine (C=N–C) groups is 1. The van der Waals surface area contributed by atoms with Crippen molar-refractivity contribution in [1.29, 1.82) is 0 Å². The summed E-state index contributed by atoms with van der Waals surface area (Å²) in [5.74, 6) is 1.67. The van der Waals surface area contributed by atoms with E-state index in [1.54, 1.807) is 14.2 Å². The van der Waals surface area contributed by atoms with Crippen molar-refractivity contribution >= 4 is 11.9 Å². The van der Waals surface area contributed by atoms with Gasteiger partial charge >= 0.3 is 5.97 Å². The Labute approximate surface area is 168 Å². The van der Waals surface area contributed by atoms with E-state index in [2.05, 4.69) is 40.3 Å². The summed E-state index contributed by atoms with van der Waals surface area (Å²) in [6.07, 6.45) is 1.59. The summed E-state index contributed by atoms with van der Waals surface area (Å²) in [6.45, 7) is 4.59. The molecule has 1 heterocycles. The molecule has 0 aliphatic carbocycles. The van der Waals surface area contributed by atoms with Crippen molar-refractivity contribution < 1.29 is 14.3 Å². The zero-order valence-corrected chi connectivity index (χ0v) is 17.8. The van der Waals surface area contributed by atoms with E-state index in [1.807, 2.05) is 25.1 Å². The Morgan fingerprint density at radius 2 is 2.00 bits per heavy atom. The Balaban J connectivity index is 1.98. The molecule has 1 aliphatic heterocycles. The first-order chi connectivity index (χ1) is 13.5. The number of carbonyl (C=O) groups excluding carboxylic acids is 1. The van der Waals surface area contributed by atoms with Crippen molar-refractivity contribution in [1.82, 2.24) is 15.1 Å². The van der Waals surface area contributed by atoms with Crippen molar-refractivity contribution in [2.75, 3.05) is 54.5 Å². The van der Waals surface area contributed by atoms with Crippen molar-refractivity contribution in [2.24, 2.45) is 10.9 Å². The number of ether oxygens (including phenoxy) is 2. The number of guanidine groups is 1. The van der Waals surface area contributed by atoms with E-state index in [-0.39, 0.29) is 17.9 Å². The monoisotopic (exact) mass is 390 g/mol. The topological polar surface area (TPSA) is 66.4 Å². The first-order valence-electron chi connectivity index (χ1n) is 9.93. The van der Waals surface area contributed by atoms with Gasteiger partial charge in [0.25, 0.3) is 0 Å². The molecule has 1 unspecified atom stereocenters. The lowest BCUT2D eigenvalue weighted by molar-refractivity contribution is -0.149. The highest BCUT2D eigenvalue weighted by Gasteiger charge is 2.28. The number of benzene rings is 1. The van der Waals surface area contributed by atoms with Gasteiger partial charge in [0.15, 0.2) is 5.96 Å². The van der Waals surface area contributed by atoms with E-state index < -0.39 is 0 Å². The molecule has 0 amide bonds. The molecular formula is C21H34N4O3. The Morgan fingerprint density at radius 1 is 1.32 bits per heavy atom. The zero-order chi connectivity index (χ0) is 20.5. The molecule has 2 rings (SSSR count). The fourth-order valence-electron chi connectivity index (χ4n) is 3.62. The number of nitrogens with one attached hydrogen (secondary N) is 1. The van der Waals surface area contributed by atoms with E-state index in [0.29, 0.717) is 13.2 Å². The van der Waals surface area contributed by atoms with Gasteiger partial charge in [-0.3, -0.25) is 9.79 Å². The van der Waals surface area contributed by atoms with Crippen LogP contribution in [0.5, 0.6) is 5.75 Å². The summed E-state index contributed by atoms with van der Waals surface area (Å²) in [5, 5.41) is 3.50. The molecule has 1 saturated heterocycles. The van der Waals surface area contributed by atoms with Crippen molar-refractivity contribution in [3.63, 3.8) is 0 Å². The Kier molecular flexibility index (Phi) is 8.57. The third kappa shape index (κ3) is 5.61. The van der Waals surface area contributed by atoms with E-state index >= 15 is 0 Å². The van der Waals surface area contributed by atoms with Crippen LogP contribution in [0.15, 0.2) is 29.3 Å². The average molecular weight is 391 g/mol. The molecule has 7 nitrogen and oxygen atoms in total. The molecule has 0 spiro atoms. The van der Waals surface area contributed by atoms with Gasteiger partial charge in [-0.1, -0.05) is 18.2 Å². The molecule has 0 bridgehead atoms. The first-order valence-corrected chi connectivity index (χ1v) is 9.93. The molecule has 7 heteroatoms. The van der Waals surface area contributed by atoms with Crippen LogP contribution < -0.4 is 10.1 Å². The molecule has 0 saturated carbocycles. The minimum Gasteiger partial charge on any atom is -0.496 e. The van der Waals surface area contributed by atoms with Crippen molar-refractivity contribution in [2.45, 2.75) is 25.8 Å². The lowest BCUT2D eigenvalue weighted by Gasteiger charge is -2.34. The van der Waals surface area contributed by atoms with E-state index in [0.717, 1.165) is 43.2 Å². The average Bonchev–Trinajstić information content (AvgIpc) is 2.71. The second-order valence-electron chi connectivity index (χ2n) is 7.16. The molecule has 1 aromatic rings. The number of methoxy groups -OCH3 is 1. The fraction of sp³-hybridized carbons (Fsp3) is 0.619. The quantitative estimate of drug-likeness (QED) is 0.437. The van der Waals surface area contributed by atoms with Gasteiger partial charge in [-0.05, 0) is 39.9 Å². The van der Waals surface area contributed by atoms with Gasteiger partial charge in [0.05, 0.1) is 25.7 Å². The minimum atomic E-state index is -0.0751. The van der Waals surface area contributed by atoms with Crippen LogP contribution >= 0.6 is 0 Å². The number of para-hydroxylation sites is 1. The molecule has 28 heavy (non-hydrogen) atoms. The maximum Gasteiger partial charge on any atom is 0.309 e. The summed E-state index contributed by atoms with van der Waals surface area (Å²) in [5.41, 5.74) is 1.14. The number of hydrogen-bond donors (Lipinski definition) is 1. The smallest absolute Gasteiger partial charge is 0.309 e. The summed E-state index contributed by atoms with van der Waals surface area (Å²) >= 11 is 0. The van der Waals surface area contributed by atoms with Crippen LogP contribution in [-0.4, -0.2) is 76.2 Å². The number of esters is 1. The van der Waals surface area contributed by atoms with Gasteiger partial charge in [-0.25, -0.2) is 0 Å². The normalized spacial score (nSPS) is 16.8. The SMILES string of the molecule is CCOC(=O)C1CCN(C(=NC)NCC(c2ccccc2OC)N(C)C)CC1. The summed E-state index contributed by atoms with van der Waals surface area (Å²) < 4.78 is 10.7. The second-order valence-corrected chi connectivity index (χ2v) is 7.16. The number of hydrogen-bond acceptors (Lipinski definition) is 5. The number of nitrogens with zero attached hydrogens (tertiary/aromatic N) is 3. The lowest BCUT2D eigenvalue weighted by Crippen LogP contribution is -2.48. The highest BCUT2D eigenvalue weighted by molar-refractivity contribution is 5.80. The van der Waals surface area contributed by atoms with Gasteiger partial charge in [-0.15, -0.1) is 0 Å². The molecule has 0 radical (unpaired) electrons. The molecule has 1 aliphatic rings. The van der Waals surface area contributed by atoms with E-state index in [4.69, 9.17) is 9.47 Å². The highest BCUT2D eigenvalue weighted by Crippen LogP contribution is 2.27. The molecule has 156 valence electrons. The molecular weight excluding hydrogens is 356 g/mol. The number of carbonyl (C=O) groups is 1. The Hall–Kier alpha value is -2.28. The first kappa shape index (κ1) is 22.0. The maximum atomic E-state index is 11.9. The second kappa shape index (κ2) is 10.9. The predicted molar refractivity (Wildman–Crippen MR) is 112 cm³/mol. The van der Waals surface area contributed by atoms with Crippen LogP contribution in [0.25, 0.3) is 0 Å². The van der Waals surface area contributed by atoms with Gasteiger partial charge in [0, 0.05) is 32.2 Å². The molecule has 1 fully saturated rings. The van der Waals surface area contributed by atoms with E-state index in [9.17, 15) is 4.79 Å². The zero-order valence-electron chi connectivity index (χ0n) is 17.8. The summed E-state index contributed by atoms with van der Waals surface area (Å²) in [7, 11) is 7.62. The van der Waals surface area contributed by atoms with E-state index in [1.165, 1.54) is 0 Å². The lowest BCUT2D eigenvalue weighted by atomic mass is 9.97. The minimum absolute atomic E-state index is 0.00240. The standard InChI is InChI=1S/C21H34N4O3/c1-6-28-20(26)16-11-13-25(14-12-16)21(22-2)23-15-18(24(3)4)17-9-7-8-10-19(17)27-5/h7-10,16,18H,6,11-15H2,1-5H3,(H,22,23). The van der Waals surface area contributed by atoms with Crippen LogP contribution in [0.3, 0.4) is 0 Å². The van der Waals surface area contributed by atoms with Crippen molar-refractivity contribution in [3.05, 3.63) is 29.8 Å². The third-order valence-electron chi connectivity index (χ3n) is 5.20. The number of rotatable bonds is 7. The van der Waals surface area contributed by atoms with Crippen LogP contribution in [0, 0.1) is 5.92 Å². The van der Waals surface area contributed by atoms with Crippen LogP contribution in [0.1, 0.15) is 31.4 Å². The molecule has 0 aromatic heterocycles. The predicted octanol–water partition coefficient (Wildman–Crippen LogP) is 2.15. The van der Waals surface area contributed by atoms with Crippen LogP contribution in [-0.2, 0) is 9.53 Å². The van der Waals surface area contributed by atoms with Gasteiger partial charge in [0.2, 0.25) is 0 Å². The largest absolute Gasteiger partial charge is 0.496 e.